The third kappa shape index (κ3) is 2.98. The van der Waals surface area contributed by atoms with E-state index < -0.39 is 12.0 Å². The van der Waals surface area contributed by atoms with Crippen molar-refractivity contribution >= 4 is 5.78 Å². The summed E-state index contributed by atoms with van der Waals surface area (Å²) in [5.74, 6) is -0.678. The molecule has 19 heavy (non-hydrogen) atoms. The second-order valence-corrected chi connectivity index (χ2v) is 4.35. The van der Waals surface area contributed by atoms with Crippen LogP contribution in [0.4, 0.5) is 0 Å². The summed E-state index contributed by atoms with van der Waals surface area (Å²) in [6.07, 6.45) is 0.503. The van der Waals surface area contributed by atoms with Crippen LogP contribution in [0.15, 0.2) is 73.3 Å². The van der Waals surface area contributed by atoms with Crippen LogP contribution in [0.25, 0.3) is 0 Å². The molecule has 2 aromatic rings. The van der Waals surface area contributed by atoms with Gasteiger partial charge in [0.05, 0.1) is 0 Å². The number of aliphatic hydroxyl groups is 1. The Balaban J connectivity index is 2.25. The molecule has 0 heterocycles. The third-order valence-electron chi connectivity index (χ3n) is 3.11. The first-order chi connectivity index (χ1) is 9.24. The van der Waals surface area contributed by atoms with Crippen LogP contribution < -0.4 is 0 Å². The van der Waals surface area contributed by atoms with E-state index in [9.17, 15) is 9.90 Å². The van der Waals surface area contributed by atoms with Gasteiger partial charge in [0.1, 0.15) is 6.10 Å². The maximum absolute atomic E-state index is 12.2. The molecule has 0 aliphatic heterocycles. The van der Waals surface area contributed by atoms with Crippen molar-refractivity contribution in [1.29, 1.82) is 0 Å². The van der Waals surface area contributed by atoms with Gasteiger partial charge in [-0.3, -0.25) is 4.79 Å². The SMILES string of the molecule is C=C[C@@H](c1ccccc1)[C@H](O)C(=O)c1ccccc1. The van der Waals surface area contributed by atoms with Gasteiger partial charge in [0.2, 0.25) is 0 Å². The molecule has 0 amide bonds. The Bertz CT molecular complexity index is 546. The molecule has 0 unspecified atom stereocenters. The Morgan fingerprint density at radius 3 is 2.05 bits per heavy atom. The number of rotatable bonds is 5. The largest absolute Gasteiger partial charge is 0.384 e. The van der Waals surface area contributed by atoms with Crippen molar-refractivity contribution in [2.24, 2.45) is 0 Å². The quantitative estimate of drug-likeness (QED) is 0.655. The first-order valence-electron chi connectivity index (χ1n) is 6.19. The van der Waals surface area contributed by atoms with Gasteiger partial charge in [-0.15, -0.1) is 6.58 Å². The summed E-state index contributed by atoms with van der Waals surface area (Å²) in [5.41, 5.74) is 1.40. The summed E-state index contributed by atoms with van der Waals surface area (Å²) < 4.78 is 0. The van der Waals surface area contributed by atoms with Crippen LogP contribution in [0, 0.1) is 0 Å². The molecule has 96 valence electrons. The van der Waals surface area contributed by atoms with E-state index in [4.69, 9.17) is 0 Å². The number of hydrogen-bond acceptors (Lipinski definition) is 2. The Morgan fingerprint density at radius 1 is 1.00 bits per heavy atom. The van der Waals surface area contributed by atoms with Crippen molar-refractivity contribution < 1.29 is 9.90 Å². The second kappa shape index (κ2) is 6.12. The molecule has 0 fully saturated rings. The number of carbonyl (C=O) groups is 1. The zero-order chi connectivity index (χ0) is 13.7. The molecule has 0 aromatic heterocycles. The van der Waals surface area contributed by atoms with Crippen molar-refractivity contribution in [2.45, 2.75) is 12.0 Å². The van der Waals surface area contributed by atoms with Gasteiger partial charge >= 0.3 is 0 Å². The highest BCUT2D eigenvalue weighted by Crippen LogP contribution is 2.23. The van der Waals surface area contributed by atoms with Gasteiger partial charge in [-0.2, -0.15) is 0 Å². The lowest BCUT2D eigenvalue weighted by Gasteiger charge is -2.19. The molecule has 0 saturated heterocycles. The van der Waals surface area contributed by atoms with Crippen molar-refractivity contribution in [3.8, 4) is 0 Å². The van der Waals surface area contributed by atoms with Gasteiger partial charge in [-0.05, 0) is 5.56 Å². The van der Waals surface area contributed by atoms with Crippen LogP contribution in [-0.4, -0.2) is 17.0 Å². The fourth-order valence-corrected chi connectivity index (χ4v) is 2.06. The predicted octanol–water partition coefficient (Wildman–Crippen LogP) is 3.20. The molecule has 2 atom stereocenters. The van der Waals surface area contributed by atoms with E-state index in [0.29, 0.717) is 5.56 Å². The zero-order valence-electron chi connectivity index (χ0n) is 10.6. The van der Waals surface area contributed by atoms with E-state index >= 15 is 0 Å². The highest BCUT2D eigenvalue weighted by atomic mass is 16.3. The maximum Gasteiger partial charge on any atom is 0.192 e. The van der Waals surface area contributed by atoms with Gasteiger partial charge in [-0.25, -0.2) is 0 Å². The molecule has 0 saturated carbocycles. The summed E-state index contributed by atoms with van der Waals surface area (Å²) >= 11 is 0. The zero-order valence-corrected chi connectivity index (χ0v) is 10.6. The normalized spacial score (nSPS) is 13.5. The Morgan fingerprint density at radius 2 is 1.53 bits per heavy atom. The van der Waals surface area contributed by atoms with Crippen LogP contribution >= 0.6 is 0 Å². The lowest BCUT2D eigenvalue weighted by molar-refractivity contribution is 0.0720. The van der Waals surface area contributed by atoms with Crippen molar-refractivity contribution in [1.82, 2.24) is 0 Å². The molecule has 0 aliphatic carbocycles. The monoisotopic (exact) mass is 252 g/mol. The van der Waals surface area contributed by atoms with Crippen LogP contribution in [0.1, 0.15) is 21.8 Å². The van der Waals surface area contributed by atoms with Gasteiger partial charge in [-0.1, -0.05) is 66.7 Å². The molecule has 2 rings (SSSR count). The number of ketones is 1. The van der Waals surface area contributed by atoms with E-state index in [-0.39, 0.29) is 5.78 Å². The fraction of sp³-hybridized carbons (Fsp3) is 0.118. The lowest BCUT2D eigenvalue weighted by atomic mass is 9.89. The number of Topliss-reactive ketones (excluding diaryl/α,β-unsaturated/α-hetero) is 1. The van der Waals surface area contributed by atoms with E-state index in [1.165, 1.54) is 0 Å². The maximum atomic E-state index is 12.2. The molecule has 2 nitrogen and oxygen atoms in total. The standard InChI is InChI=1S/C17H16O2/c1-2-15(13-9-5-3-6-10-13)17(19)16(18)14-11-7-4-8-12-14/h2-12,15,17,19H,1H2/t15-,17-/m0/s1. The van der Waals surface area contributed by atoms with Crippen molar-refractivity contribution in [2.75, 3.05) is 0 Å². The molecular weight excluding hydrogens is 236 g/mol. The third-order valence-corrected chi connectivity index (χ3v) is 3.11. The van der Waals surface area contributed by atoms with Crippen molar-refractivity contribution in [3.05, 3.63) is 84.4 Å². The molecule has 0 radical (unpaired) electrons. The van der Waals surface area contributed by atoms with Crippen LogP contribution in [0.2, 0.25) is 0 Å². The minimum Gasteiger partial charge on any atom is -0.384 e. The average Bonchev–Trinajstić information content (AvgIpc) is 2.49. The van der Waals surface area contributed by atoms with E-state index in [1.54, 1.807) is 30.3 Å². The Labute approximate surface area is 113 Å². The molecular formula is C17H16O2. The van der Waals surface area contributed by atoms with Gasteiger partial charge < -0.3 is 5.11 Å². The topological polar surface area (TPSA) is 37.3 Å². The molecule has 2 aromatic carbocycles. The summed E-state index contributed by atoms with van der Waals surface area (Å²) in [6.45, 7) is 3.72. The number of aliphatic hydroxyl groups excluding tert-OH is 1. The number of hydrogen-bond donors (Lipinski definition) is 1. The molecule has 0 bridgehead atoms. The van der Waals surface area contributed by atoms with Gasteiger partial charge in [0.25, 0.3) is 0 Å². The summed E-state index contributed by atoms with van der Waals surface area (Å²) in [5, 5.41) is 10.3. The van der Waals surface area contributed by atoms with Gasteiger partial charge in [0.15, 0.2) is 5.78 Å². The minimum atomic E-state index is -1.11. The molecule has 0 aliphatic rings. The number of carbonyl (C=O) groups excluding carboxylic acids is 1. The lowest BCUT2D eigenvalue weighted by Crippen LogP contribution is -2.27. The summed E-state index contributed by atoms with van der Waals surface area (Å²) in [7, 11) is 0. The molecule has 0 spiro atoms. The second-order valence-electron chi connectivity index (χ2n) is 4.35. The Hall–Kier alpha value is -2.19. The summed E-state index contributed by atoms with van der Waals surface area (Å²) in [6, 6.07) is 18.2. The highest BCUT2D eigenvalue weighted by Gasteiger charge is 2.25. The smallest absolute Gasteiger partial charge is 0.192 e. The van der Waals surface area contributed by atoms with Crippen LogP contribution in [-0.2, 0) is 0 Å². The van der Waals surface area contributed by atoms with Crippen molar-refractivity contribution in [3.63, 3.8) is 0 Å². The predicted molar refractivity (Wildman–Crippen MR) is 76.2 cm³/mol. The first kappa shape index (κ1) is 13.2. The van der Waals surface area contributed by atoms with E-state index in [1.807, 2.05) is 36.4 Å². The van der Waals surface area contributed by atoms with Gasteiger partial charge in [0, 0.05) is 11.5 Å². The Kier molecular flexibility index (Phi) is 4.26. The molecule has 1 N–H and O–H groups in total. The first-order valence-corrected chi connectivity index (χ1v) is 6.19. The molecule has 2 heteroatoms. The average molecular weight is 252 g/mol. The van der Waals surface area contributed by atoms with Crippen LogP contribution in [0.5, 0.6) is 0 Å². The highest BCUT2D eigenvalue weighted by molar-refractivity contribution is 6.00. The van der Waals surface area contributed by atoms with Crippen LogP contribution in [0.3, 0.4) is 0 Å². The number of benzene rings is 2. The van der Waals surface area contributed by atoms with E-state index in [0.717, 1.165) is 5.56 Å². The fourth-order valence-electron chi connectivity index (χ4n) is 2.06. The van der Waals surface area contributed by atoms with E-state index in [2.05, 4.69) is 6.58 Å². The summed E-state index contributed by atoms with van der Waals surface area (Å²) in [4.78, 5) is 12.2. The minimum absolute atomic E-state index is 0.283.